The molecule has 1 amide bonds. The Balaban J connectivity index is 2.34. The number of halogens is 1. The summed E-state index contributed by atoms with van der Waals surface area (Å²) in [5, 5.41) is 2.68. The van der Waals surface area contributed by atoms with Crippen LogP contribution < -0.4 is 11.1 Å². The van der Waals surface area contributed by atoms with Crippen molar-refractivity contribution in [2.75, 3.05) is 5.32 Å². The van der Waals surface area contributed by atoms with Crippen LogP contribution in [0.4, 0.5) is 10.1 Å². The molecule has 2 rings (SSSR count). The molecule has 3 nitrogen and oxygen atoms in total. The van der Waals surface area contributed by atoms with Crippen LogP contribution in [0.25, 0.3) is 0 Å². The first-order valence-corrected chi connectivity index (χ1v) is 5.99. The smallest absolute Gasteiger partial charge is 0.224 e. The molecule has 92 valence electrons. The molecule has 1 unspecified atom stereocenters. The molecule has 0 aliphatic carbocycles. The minimum atomic E-state index is -0.327. The first kappa shape index (κ1) is 12.0. The maximum atomic E-state index is 13.8. The van der Waals surface area contributed by atoms with Gasteiger partial charge in [0.1, 0.15) is 5.82 Å². The van der Waals surface area contributed by atoms with Crippen molar-refractivity contribution in [2.45, 2.75) is 38.6 Å². The Morgan fingerprint density at radius 1 is 1.47 bits per heavy atom. The molecule has 3 N–H and O–H groups in total. The summed E-state index contributed by atoms with van der Waals surface area (Å²) in [6.45, 7) is 2.02. The number of hydrogen-bond acceptors (Lipinski definition) is 2. The van der Waals surface area contributed by atoms with Gasteiger partial charge in [-0.25, -0.2) is 4.39 Å². The van der Waals surface area contributed by atoms with Gasteiger partial charge in [0.15, 0.2) is 0 Å². The summed E-state index contributed by atoms with van der Waals surface area (Å²) >= 11 is 0. The molecular formula is C13H17FN2O. The van der Waals surface area contributed by atoms with Crippen molar-refractivity contribution in [3.8, 4) is 0 Å². The number of benzene rings is 1. The Morgan fingerprint density at radius 2 is 2.24 bits per heavy atom. The van der Waals surface area contributed by atoms with E-state index in [2.05, 4.69) is 5.32 Å². The Morgan fingerprint density at radius 3 is 2.94 bits per heavy atom. The van der Waals surface area contributed by atoms with Crippen molar-refractivity contribution in [1.29, 1.82) is 0 Å². The molecule has 17 heavy (non-hydrogen) atoms. The molecule has 1 aromatic rings. The third kappa shape index (κ3) is 2.47. The molecule has 0 spiro atoms. The maximum Gasteiger partial charge on any atom is 0.224 e. The van der Waals surface area contributed by atoms with E-state index in [-0.39, 0.29) is 17.8 Å². The number of anilines is 1. The van der Waals surface area contributed by atoms with Gasteiger partial charge in [0.25, 0.3) is 0 Å². The lowest BCUT2D eigenvalue weighted by Gasteiger charge is -2.20. The van der Waals surface area contributed by atoms with Gasteiger partial charge in [0.05, 0.1) is 0 Å². The van der Waals surface area contributed by atoms with Crippen molar-refractivity contribution in [1.82, 2.24) is 0 Å². The van der Waals surface area contributed by atoms with Gasteiger partial charge in [0, 0.05) is 23.7 Å². The number of nitrogens with one attached hydrogen (secondary N) is 1. The molecule has 1 aliphatic rings. The van der Waals surface area contributed by atoms with Crippen molar-refractivity contribution >= 4 is 11.6 Å². The lowest BCUT2D eigenvalue weighted by atomic mass is 9.95. The zero-order valence-corrected chi connectivity index (χ0v) is 9.92. The number of rotatable bonds is 3. The standard InChI is InChI=1S/C13H17FN2O/c1-2-3-11(15)9-6-8-4-5-13(17)16-12(8)7-10(9)14/h6-7,11H,2-5,15H2,1H3,(H,16,17). The molecule has 0 bridgehead atoms. The molecule has 0 radical (unpaired) electrons. The second-order valence-electron chi connectivity index (χ2n) is 4.47. The van der Waals surface area contributed by atoms with Crippen LogP contribution in [0.15, 0.2) is 12.1 Å². The number of carbonyl (C=O) groups excluding carboxylic acids is 1. The van der Waals surface area contributed by atoms with Crippen molar-refractivity contribution < 1.29 is 9.18 Å². The van der Waals surface area contributed by atoms with E-state index in [0.29, 0.717) is 24.1 Å². The lowest BCUT2D eigenvalue weighted by molar-refractivity contribution is -0.116. The van der Waals surface area contributed by atoms with Crippen LogP contribution in [0, 0.1) is 5.82 Å². The molecule has 1 aliphatic heterocycles. The fourth-order valence-electron chi connectivity index (χ4n) is 2.17. The average Bonchev–Trinajstić information content (AvgIpc) is 2.28. The summed E-state index contributed by atoms with van der Waals surface area (Å²) < 4.78 is 13.8. The van der Waals surface area contributed by atoms with E-state index in [9.17, 15) is 9.18 Å². The fraction of sp³-hybridized carbons (Fsp3) is 0.462. The highest BCUT2D eigenvalue weighted by Crippen LogP contribution is 2.29. The third-order valence-electron chi connectivity index (χ3n) is 3.12. The summed E-state index contributed by atoms with van der Waals surface area (Å²) in [7, 11) is 0. The van der Waals surface area contributed by atoms with Crippen LogP contribution in [0.2, 0.25) is 0 Å². The monoisotopic (exact) mass is 236 g/mol. The lowest BCUT2D eigenvalue weighted by Crippen LogP contribution is -2.20. The maximum absolute atomic E-state index is 13.8. The predicted molar refractivity (Wildman–Crippen MR) is 65.2 cm³/mol. The van der Waals surface area contributed by atoms with Gasteiger partial charge in [-0.3, -0.25) is 4.79 Å². The van der Waals surface area contributed by atoms with E-state index in [4.69, 9.17) is 5.73 Å². The first-order chi connectivity index (χ1) is 8.11. The fourth-order valence-corrected chi connectivity index (χ4v) is 2.17. The zero-order valence-electron chi connectivity index (χ0n) is 9.92. The van der Waals surface area contributed by atoms with E-state index < -0.39 is 0 Å². The molecule has 4 heteroatoms. The zero-order chi connectivity index (χ0) is 12.4. The number of aryl methyl sites for hydroxylation is 1. The van der Waals surface area contributed by atoms with Crippen LogP contribution in [0.3, 0.4) is 0 Å². The van der Waals surface area contributed by atoms with Crippen LogP contribution in [0.1, 0.15) is 43.4 Å². The van der Waals surface area contributed by atoms with Gasteiger partial charge >= 0.3 is 0 Å². The Labute approximate surface area is 100 Å². The van der Waals surface area contributed by atoms with E-state index >= 15 is 0 Å². The van der Waals surface area contributed by atoms with Gasteiger partial charge in [0.2, 0.25) is 5.91 Å². The Bertz CT molecular complexity index is 445. The van der Waals surface area contributed by atoms with E-state index in [0.717, 1.165) is 18.4 Å². The normalized spacial score (nSPS) is 16.3. The second-order valence-corrected chi connectivity index (χ2v) is 4.47. The number of hydrogen-bond donors (Lipinski definition) is 2. The van der Waals surface area contributed by atoms with Crippen LogP contribution in [-0.2, 0) is 11.2 Å². The molecule has 0 aromatic heterocycles. The summed E-state index contributed by atoms with van der Waals surface area (Å²) in [6, 6.07) is 2.92. The quantitative estimate of drug-likeness (QED) is 0.847. The SMILES string of the molecule is CCCC(N)c1cc2c(cc1F)NC(=O)CC2. The molecular weight excluding hydrogens is 219 g/mol. The van der Waals surface area contributed by atoms with Gasteiger partial charge in [-0.1, -0.05) is 13.3 Å². The molecule has 1 heterocycles. The average molecular weight is 236 g/mol. The minimum absolute atomic E-state index is 0.0532. The third-order valence-corrected chi connectivity index (χ3v) is 3.12. The summed E-state index contributed by atoms with van der Waals surface area (Å²) in [6.07, 6.45) is 2.81. The highest BCUT2D eigenvalue weighted by Gasteiger charge is 2.19. The van der Waals surface area contributed by atoms with Gasteiger partial charge < -0.3 is 11.1 Å². The number of amides is 1. The van der Waals surface area contributed by atoms with E-state index in [1.807, 2.05) is 6.92 Å². The van der Waals surface area contributed by atoms with Crippen molar-refractivity contribution in [2.24, 2.45) is 5.73 Å². The van der Waals surface area contributed by atoms with Crippen LogP contribution in [-0.4, -0.2) is 5.91 Å². The highest BCUT2D eigenvalue weighted by atomic mass is 19.1. The molecule has 1 aromatic carbocycles. The van der Waals surface area contributed by atoms with Crippen LogP contribution >= 0.6 is 0 Å². The van der Waals surface area contributed by atoms with Crippen molar-refractivity contribution in [3.05, 3.63) is 29.1 Å². The van der Waals surface area contributed by atoms with E-state index in [1.54, 1.807) is 6.07 Å². The minimum Gasteiger partial charge on any atom is -0.326 e. The Hall–Kier alpha value is -1.42. The molecule has 0 saturated heterocycles. The molecule has 0 saturated carbocycles. The second kappa shape index (κ2) is 4.84. The van der Waals surface area contributed by atoms with Gasteiger partial charge in [-0.05, 0) is 30.5 Å². The van der Waals surface area contributed by atoms with Crippen molar-refractivity contribution in [3.63, 3.8) is 0 Å². The predicted octanol–water partition coefficient (Wildman–Crippen LogP) is 2.51. The van der Waals surface area contributed by atoms with Gasteiger partial charge in [-0.15, -0.1) is 0 Å². The topological polar surface area (TPSA) is 55.1 Å². The van der Waals surface area contributed by atoms with E-state index in [1.165, 1.54) is 6.07 Å². The number of carbonyl (C=O) groups is 1. The first-order valence-electron chi connectivity index (χ1n) is 5.99. The molecule has 1 atom stereocenters. The molecule has 0 fully saturated rings. The number of fused-ring (bicyclic) bond motifs is 1. The summed E-state index contributed by atoms with van der Waals surface area (Å²) in [5.74, 6) is -0.380. The summed E-state index contributed by atoms with van der Waals surface area (Å²) in [5.41, 5.74) is 8.06. The van der Waals surface area contributed by atoms with Crippen LogP contribution in [0.5, 0.6) is 0 Å². The Kier molecular flexibility index (Phi) is 3.43. The highest BCUT2D eigenvalue weighted by molar-refractivity contribution is 5.93. The largest absolute Gasteiger partial charge is 0.326 e. The van der Waals surface area contributed by atoms with Gasteiger partial charge in [-0.2, -0.15) is 0 Å². The summed E-state index contributed by atoms with van der Waals surface area (Å²) in [4.78, 5) is 11.2. The number of nitrogens with two attached hydrogens (primary N) is 1.